The second kappa shape index (κ2) is 10.1. The minimum Gasteiger partial charge on any atom is -0.452 e. The summed E-state index contributed by atoms with van der Waals surface area (Å²) in [7, 11) is 0. The first-order valence-electron chi connectivity index (χ1n) is 10.5. The van der Waals surface area contributed by atoms with Gasteiger partial charge in [-0.15, -0.1) is 11.3 Å². The molecule has 2 aromatic heterocycles. The van der Waals surface area contributed by atoms with Crippen molar-refractivity contribution >= 4 is 45.0 Å². The van der Waals surface area contributed by atoms with Gasteiger partial charge in [0.25, 0.3) is 5.91 Å². The van der Waals surface area contributed by atoms with Crippen LogP contribution in [0.3, 0.4) is 0 Å². The number of aromatic nitrogens is 3. The topological polar surface area (TPSA) is 86.1 Å². The van der Waals surface area contributed by atoms with E-state index in [0.717, 1.165) is 20.8 Å². The van der Waals surface area contributed by atoms with Crippen molar-refractivity contribution in [3.05, 3.63) is 81.1 Å². The number of thiazole rings is 1. The number of para-hydroxylation sites is 1. The van der Waals surface area contributed by atoms with Gasteiger partial charge in [0.2, 0.25) is 0 Å². The number of carbonyl (C=O) groups excluding carboxylic acids is 2. The maximum atomic E-state index is 12.6. The van der Waals surface area contributed by atoms with Gasteiger partial charge in [0, 0.05) is 18.0 Å². The Morgan fingerprint density at radius 3 is 2.67 bits per heavy atom. The van der Waals surface area contributed by atoms with Gasteiger partial charge in [-0.25, -0.2) is 9.78 Å². The molecule has 0 saturated heterocycles. The molecule has 0 saturated carbocycles. The van der Waals surface area contributed by atoms with Crippen LogP contribution >= 0.6 is 22.9 Å². The first-order chi connectivity index (χ1) is 15.9. The fourth-order valence-corrected chi connectivity index (χ4v) is 4.69. The maximum Gasteiger partial charge on any atom is 0.342 e. The Morgan fingerprint density at radius 2 is 1.88 bits per heavy atom. The highest BCUT2D eigenvalue weighted by Crippen LogP contribution is 2.22. The van der Waals surface area contributed by atoms with Crippen LogP contribution in [0.1, 0.15) is 32.3 Å². The molecular formula is C24H23ClN4O3S. The maximum absolute atomic E-state index is 12.6. The molecule has 0 unspecified atom stereocenters. The van der Waals surface area contributed by atoms with Gasteiger partial charge in [-0.3, -0.25) is 9.48 Å². The summed E-state index contributed by atoms with van der Waals surface area (Å²) < 4.78 is 8.08. The van der Waals surface area contributed by atoms with Crippen molar-refractivity contribution in [2.75, 3.05) is 13.2 Å². The minimum atomic E-state index is -0.572. The normalized spacial score (nSPS) is 11.0. The number of aryl methyl sites for hydroxylation is 1. The van der Waals surface area contributed by atoms with E-state index in [9.17, 15) is 9.59 Å². The van der Waals surface area contributed by atoms with Crippen LogP contribution in [0, 0.1) is 13.8 Å². The number of nitrogens with zero attached hydrogens (tertiary/aromatic N) is 3. The second-order valence-corrected chi connectivity index (χ2v) is 9.07. The van der Waals surface area contributed by atoms with Gasteiger partial charge < -0.3 is 10.1 Å². The van der Waals surface area contributed by atoms with Gasteiger partial charge in [-0.2, -0.15) is 5.10 Å². The molecule has 0 atom stereocenters. The molecule has 0 aliphatic rings. The van der Waals surface area contributed by atoms with Crippen LogP contribution in [0.4, 0.5) is 0 Å². The standard InChI is InChI=1S/C24H23ClN4O3S/c1-15-23(16(2)29(28-15)13-17-7-3-4-8-18(17)25)24(31)32-14-21(30)26-12-11-22-27-19-9-5-6-10-20(19)33-22/h3-10H,11-14H2,1-2H3,(H,26,30). The van der Waals surface area contributed by atoms with E-state index in [1.807, 2.05) is 48.5 Å². The number of nitrogens with one attached hydrogen (secondary N) is 1. The average Bonchev–Trinajstić information content (AvgIpc) is 3.33. The van der Waals surface area contributed by atoms with Crippen molar-refractivity contribution in [1.82, 2.24) is 20.1 Å². The van der Waals surface area contributed by atoms with Gasteiger partial charge >= 0.3 is 5.97 Å². The fraction of sp³-hybridized carbons (Fsp3) is 0.250. The third-order valence-electron chi connectivity index (χ3n) is 5.20. The number of carbonyl (C=O) groups is 2. The molecule has 4 rings (SSSR count). The highest BCUT2D eigenvalue weighted by Gasteiger charge is 2.21. The minimum absolute atomic E-state index is 0.354. The third-order valence-corrected chi connectivity index (χ3v) is 6.66. The Bertz CT molecular complexity index is 1280. The Hall–Kier alpha value is -3.23. The van der Waals surface area contributed by atoms with Crippen LogP contribution in [0.25, 0.3) is 10.2 Å². The number of benzene rings is 2. The predicted octanol–water partition coefficient (Wildman–Crippen LogP) is 4.33. The highest BCUT2D eigenvalue weighted by molar-refractivity contribution is 7.18. The van der Waals surface area contributed by atoms with Gasteiger partial charge in [0.15, 0.2) is 6.61 Å². The summed E-state index contributed by atoms with van der Waals surface area (Å²) in [5, 5.41) is 8.80. The Kier molecular flexibility index (Phi) is 7.05. The van der Waals surface area contributed by atoms with Crippen molar-refractivity contribution in [1.29, 1.82) is 0 Å². The second-order valence-electron chi connectivity index (χ2n) is 7.55. The molecule has 0 aliphatic heterocycles. The van der Waals surface area contributed by atoms with E-state index in [-0.39, 0.29) is 12.5 Å². The summed E-state index contributed by atoms with van der Waals surface area (Å²) in [6.45, 7) is 4.04. The van der Waals surface area contributed by atoms with E-state index in [1.165, 1.54) is 0 Å². The molecule has 4 aromatic rings. The van der Waals surface area contributed by atoms with Crippen molar-refractivity contribution in [2.45, 2.75) is 26.8 Å². The zero-order valence-corrected chi connectivity index (χ0v) is 19.9. The Morgan fingerprint density at radius 1 is 1.12 bits per heavy atom. The zero-order chi connectivity index (χ0) is 23.4. The lowest BCUT2D eigenvalue weighted by atomic mass is 10.2. The molecule has 0 aliphatic carbocycles. The van der Waals surface area contributed by atoms with E-state index in [2.05, 4.69) is 15.4 Å². The molecule has 0 bridgehead atoms. The number of amides is 1. The lowest BCUT2D eigenvalue weighted by molar-refractivity contribution is -0.124. The summed E-state index contributed by atoms with van der Waals surface area (Å²) in [5.74, 6) is -0.931. The van der Waals surface area contributed by atoms with Gasteiger partial charge in [0.1, 0.15) is 5.56 Å². The summed E-state index contributed by atoms with van der Waals surface area (Å²) in [6.07, 6.45) is 0.617. The molecule has 2 aromatic carbocycles. The number of halogens is 1. The highest BCUT2D eigenvalue weighted by atomic mass is 35.5. The molecule has 1 N–H and O–H groups in total. The largest absolute Gasteiger partial charge is 0.452 e. The molecule has 0 fully saturated rings. The van der Waals surface area contributed by atoms with Crippen LogP contribution in [0.15, 0.2) is 48.5 Å². The van der Waals surface area contributed by atoms with Crippen LogP contribution in [0.5, 0.6) is 0 Å². The Labute approximate surface area is 200 Å². The van der Waals surface area contributed by atoms with E-state index in [0.29, 0.717) is 41.5 Å². The lowest BCUT2D eigenvalue weighted by Gasteiger charge is -2.08. The molecule has 0 radical (unpaired) electrons. The van der Waals surface area contributed by atoms with Crippen LogP contribution in [-0.2, 0) is 22.5 Å². The van der Waals surface area contributed by atoms with Crippen molar-refractivity contribution < 1.29 is 14.3 Å². The van der Waals surface area contributed by atoms with Crippen molar-refractivity contribution in [3.63, 3.8) is 0 Å². The summed E-state index contributed by atoms with van der Waals surface area (Å²) in [5.41, 5.74) is 3.43. The van der Waals surface area contributed by atoms with Crippen molar-refractivity contribution in [3.8, 4) is 0 Å². The molecule has 9 heteroatoms. The number of ether oxygens (including phenoxy) is 1. The molecule has 1 amide bonds. The number of hydrogen-bond acceptors (Lipinski definition) is 6. The number of esters is 1. The van der Waals surface area contributed by atoms with E-state index in [4.69, 9.17) is 16.3 Å². The lowest BCUT2D eigenvalue weighted by Crippen LogP contribution is -2.30. The van der Waals surface area contributed by atoms with E-state index < -0.39 is 5.97 Å². The predicted molar refractivity (Wildman–Crippen MR) is 129 cm³/mol. The fourth-order valence-electron chi connectivity index (χ4n) is 3.52. The monoisotopic (exact) mass is 482 g/mol. The van der Waals surface area contributed by atoms with E-state index in [1.54, 1.807) is 29.9 Å². The van der Waals surface area contributed by atoms with Gasteiger partial charge in [-0.1, -0.05) is 41.9 Å². The first-order valence-corrected chi connectivity index (χ1v) is 11.7. The smallest absolute Gasteiger partial charge is 0.342 e. The quantitative estimate of drug-likeness (QED) is 0.378. The van der Waals surface area contributed by atoms with Crippen LogP contribution in [-0.4, -0.2) is 39.8 Å². The first kappa shape index (κ1) is 22.9. The van der Waals surface area contributed by atoms with Gasteiger partial charge in [0.05, 0.1) is 33.2 Å². The van der Waals surface area contributed by atoms with Crippen LogP contribution < -0.4 is 5.32 Å². The molecular weight excluding hydrogens is 460 g/mol. The number of rotatable bonds is 8. The van der Waals surface area contributed by atoms with Crippen LogP contribution in [0.2, 0.25) is 5.02 Å². The van der Waals surface area contributed by atoms with E-state index >= 15 is 0 Å². The molecule has 170 valence electrons. The molecule has 7 nitrogen and oxygen atoms in total. The SMILES string of the molecule is Cc1nn(Cc2ccccc2Cl)c(C)c1C(=O)OCC(=O)NCCc1nc2ccccc2s1. The molecule has 33 heavy (non-hydrogen) atoms. The number of hydrogen-bond donors (Lipinski definition) is 1. The molecule has 2 heterocycles. The summed E-state index contributed by atoms with van der Waals surface area (Å²) in [6, 6.07) is 15.4. The summed E-state index contributed by atoms with van der Waals surface area (Å²) >= 11 is 7.85. The third kappa shape index (κ3) is 5.40. The molecule has 0 spiro atoms. The summed E-state index contributed by atoms with van der Waals surface area (Å²) in [4.78, 5) is 29.3. The average molecular weight is 483 g/mol. The zero-order valence-electron chi connectivity index (χ0n) is 18.3. The number of fused-ring (bicyclic) bond motifs is 1. The van der Waals surface area contributed by atoms with Gasteiger partial charge in [-0.05, 0) is 37.6 Å². The Balaban J connectivity index is 1.29. The van der Waals surface area contributed by atoms with Crippen molar-refractivity contribution in [2.24, 2.45) is 0 Å².